The third-order valence-electron chi connectivity index (χ3n) is 2.75. The van der Waals surface area contributed by atoms with E-state index in [0.717, 1.165) is 42.9 Å². The van der Waals surface area contributed by atoms with Gasteiger partial charge in [-0.05, 0) is 43.5 Å². The van der Waals surface area contributed by atoms with Gasteiger partial charge in [-0.15, -0.1) is 0 Å². The zero-order valence-electron chi connectivity index (χ0n) is 11.4. The van der Waals surface area contributed by atoms with Crippen LogP contribution in [0.4, 0.5) is 11.4 Å². The predicted molar refractivity (Wildman–Crippen MR) is 76.0 cm³/mol. The average Bonchev–Trinajstić information content (AvgIpc) is 2.37. The van der Waals surface area contributed by atoms with Crippen LogP contribution in [0.3, 0.4) is 0 Å². The van der Waals surface area contributed by atoms with Crippen LogP contribution in [0, 0.1) is 6.92 Å². The predicted octanol–water partition coefficient (Wildman–Crippen LogP) is 2.43. The number of methoxy groups -OCH3 is 1. The standard InChI is InChI=1S/C14H24N2O2/c1-12-11-13(5-6-14(12)15)16-7-3-4-8-18-10-9-17-2/h5-6,11,16H,3-4,7-10,15H2,1-2H3. The first kappa shape index (κ1) is 14.8. The molecule has 4 heteroatoms. The van der Waals surface area contributed by atoms with Gasteiger partial charge in [0.15, 0.2) is 0 Å². The van der Waals surface area contributed by atoms with Crippen molar-refractivity contribution in [3.8, 4) is 0 Å². The van der Waals surface area contributed by atoms with Gasteiger partial charge < -0.3 is 20.5 Å². The van der Waals surface area contributed by atoms with Crippen LogP contribution in [0.25, 0.3) is 0 Å². The van der Waals surface area contributed by atoms with Crippen molar-refractivity contribution in [1.29, 1.82) is 0 Å². The molecular weight excluding hydrogens is 228 g/mol. The zero-order valence-corrected chi connectivity index (χ0v) is 11.4. The summed E-state index contributed by atoms with van der Waals surface area (Å²) in [6, 6.07) is 6.02. The zero-order chi connectivity index (χ0) is 13.2. The second-order valence-electron chi connectivity index (χ2n) is 4.31. The molecule has 102 valence electrons. The van der Waals surface area contributed by atoms with Gasteiger partial charge >= 0.3 is 0 Å². The van der Waals surface area contributed by atoms with Gasteiger partial charge in [0, 0.05) is 31.6 Å². The molecule has 0 atom stereocenters. The van der Waals surface area contributed by atoms with Crippen molar-refractivity contribution >= 4 is 11.4 Å². The first-order valence-electron chi connectivity index (χ1n) is 6.40. The number of unbranched alkanes of at least 4 members (excludes halogenated alkanes) is 1. The van der Waals surface area contributed by atoms with Gasteiger partial charge in [0.25, 0.3) is 0 Å². The van der Waals surface area contributed by atoms with Crippen LogP contribution in [-0.4, -0.2) is 33.5 Å². The van der Waals surface area contributed by atoms with E-state index < -0.39 is 0 Å². The van der Waals surface area contributed by atoms with Crippen LogP contribution in [0.1, 0.15) is 18.4 Å². The Kier molecular flexibility index (Phi) is 7.22. The molecule has 0 aromatic heterocycles. The van der Waals surface area contributed by atoms with Gasteiger partial charge in [-0.3, -0.25) is 0 Å². The number of hydrogen-bond donors (Lipinski definition) is 2. The minimum atomic E-state index is 0.670. The van der Waals surface area contributed by atoms with Crippen LogP contribution in [-0.2, 0) is 9.47 Å². The maximum absolute atomic E-state index is 5.77. The van der Waals surface area contributed by atoms with Crippen molar-refractivity contribution in [3.05, 3.63) is 23.8 Å². The second kappa shape index (κ2) is 8.78. The molecule has 1 rings (SSSR count). The summed E-state index contributed by atoms with van der Waals surface area (Å²) >= 11 is 0. The summed E-state index contributed by atoms with van der Waals surface area (Å²) in [6.45, 7) is 5.12. The molecule has 1 aromatic rings. The van der Waals surface area contributed by atoms with Crippen molar-refractivity contribution in [1.82, 2.24) is 0 Å². The fourth-order valence-electron chi connectivity index (χ4n) is 1.59. The van der Waals surface area contributed by atoms with Gasteiger partial charge in [0.1, 0.15) is 0 Å². The van der Waals surface area contributed by atoms with Crippen LogP contribution in [0.5, 0.6) is 0 Å². The van der Waals surface area contributed by atoms with Crippen LogP contribution in [0.15, 0.2) is 18.2 Å². The number of rotatable bonds is 9. The first-order valence-corrected chi connectivity index (χ1v) is 6.40. The molecule has 0 bridgehead atoms. The van der Waals surface area contributed by atoms with E-state index in [1.54, 1.807) is 7.11 Å². The number of benzene rings is 1. The molecule has 3 N–H and O–H groups in total. The van der Waals surface area contributed by atoms with Crippen molar-refractivity contribution in [3.63, 3.8) is 0 Å². The Bertz CT molecular complexity index is 343. The third-order valence-corrected chi connectivity index (χ3v) is 2.75. The molecular formula is C14H24N2O2. The molecule has 0 aliphatic heterocycles. The van der Waals surface area contributed by atoms with Gasteiger partial charge in [0.05, 0.1) is 13.2 Å². The van der Waals surface area contributed by atoms with E-state index in [2.05, 4.69) is 11.4 Å². The van der Waals surface area contributed by atoms with Crippen LogP contribution in [0.2, 0.25) is 0 Å². The number of nitrogen functional groups attached to an aromatic ring is 1. The molecule has 0 radical (unpaired) electrons. The Hall–Kier alpha value is -1.26. The smallest absolute Gasteiger partial charge is 0.0700 e. The molecule has 0 aliphatic rings. The third kappa shape index (κ3) is 5.89. The maximum atomic E-state index is 5.77. The maximum Gasteiger partial charge on any atom is 0.0700 e. The number of nitrogens with one attached hydrogen (secondary N) is 1. The van der Waals surface area contributed by atoms with E-state index in [1.165, 1.54) is 0 Å². The summed E-state index contributed by atoms with van der Waals surface area (Å²) in [5.41, 5.74) is 8.85. The molecule has 4 nitrogen and oxygen atoms in total. The summed E-state index contributed by atoms with van der Waals surface area (Å²) in [7, 11) is 1.68. The minimum Gasteiger partial charge on any atom is -0.399 e. The topological polar surface area (TPSA) is 56.5 Å². The molecule has 0 unspecified atom stereocenters. The fourth-order valence-corrected chi connectivity index (χ4v) is 1.59. The van der Waals surface area contributed by atoms with E-state index in [9.17, 15) is 0 Å². The Balaban J connectivity index is 2.05. The molecule has 0 saturated carbocycles. The van der Waals surface area contributed by atoms with Gasteiger partial charge in [-0.1, -0.05) is 0 Å². The Morgan fingerprint density at radius 3 is 2.72 bits per heavy atom. The van der Waals surface area contributed by atoms with Gasteiger partial charge in [-0.2, -0.15) is 0 Å². The lowest BCUT2D eigenvalue weighted by molar-refractivity contribution is 0.0691. The second-order valence-corrected chi connectivity index (χ2v) is 4.31. The summed E-state index contributed by atoms with van der Waals surface area (Å²) in [5, 5.41) is 3.38. The van der Waals surface area contributed by atoms with Gasteiger partial charge in [-0.25, -0.2) is 0 Å². The van der Waals surface area contributed by atoms with Crippen LogP contribution >= 0.6 is 0 Å². The highest BCUT2D eigenvalue weighted by atomic mass is 16.5. The van der Waals surface area contributed by atoms with Crippen molar-refractivity contribution in [2.75, 3.05) is 44.5 Å². The highest BCUT2D eigenvalue weighted by Crippen LogP contribution is 2.16. The largest absolute Gasteiger partial charge is 0.399 e. The minimum absolute atomic E-state index is 0.670. The van der Waals surface area contributed by atoms with Crippen molar-refractivity contribution in [2.45, 2.75) is 19.8 Å². The van der Waals surface area contributed by atoms with E-state index in [0.29, 0.717) is 13.2 Å². The number of aryl methyl sites for hydroxylation is 1. The van der Waals surface area contributed by atoms with Crippen molar-refractivity contribution < 1.29 is 9.47 Å². The highest BCUT2D eigenvalue weighted by molar-refractivity contribution is 5.56. The first-order chi connectivity index (χ1) is 8.74. The SMILES string of the molecule is COCCOCCCCNc1ccc(N)c(C)c1. The van der Waals surface area contributed by atoms with Crippen molar-refractivity contribution in [2.24, 2.45) is 0 Å². The Labute approximate surface area is 109 Å². The molecule has 0 aliphatic carbocycles. The molecule has 1 aromatic carbocycles. The van der Waals surface area contributed by atoms with Gasteiger partial charge in [0.2, 0.25) is 0 Å². The summed E-state index contributed by atoms with van der Waals surface area (Å²) in [6.07, 6.45) is 2.15. The Morgan fingerprint density at radius 2 is 2.00 bits per heavy atom. The monoisotopic (exact) mass is 252 g/mol. The molecule has 18 heavy (non-hydrogen) atoms. The molecule has 0 heterocycles. The molecule has 0 spiro atoms. The normalized spacial score (nSPS) is 10.6. The van der Waals surface area contributed by atoms with E-state index in [-0.39, 0.29) is 0 Å². The van der Waals surface area contributed by atoms with E-state index in [4.69, 9.17) is 15.2 Å². The summed E-state index contributed by atoms with van der Waals surface area (Å²) in [5.74, 6) is 0. The number of anilines is 2. The lowest BCUT2D eigenvalue weighted by Crippen LogP contribution is -2.06. The summed E-state index contributed by atoms with van der Waals surface area (Å²) in [4.78, 5) is 0. The van der Waals surface area contributed by atoms with Crippen LogP contribution < -0.4 is 11.1 Å². The van der Waals surface area contributed by atoms with E-state index >= 15 is 0 Å². The Morgan fingerprint density at radius 1 is 1.17 bits per heavy atom. The lowest BCUT2D eigenvalue weighted by atomic mass is 10.2. The molecule has 0 amide bonds. The summed E-state index contributed by atoms with van der Waals surface area (Å²) < 4.78 is 10.3. The highest BCUT2D eigenvalue weighted by Gasteiger charge is 1.96. The number of ether oxygens (including phenoxy) is 2. The lowest BCUT2D eigenvalue weighted by Gasteiger charge is -2.08. The fraction of sp³-hybridized carbons (Fsp3) is 0.571. The number of nitrogens with two attached hydrogens (primary N) is 1. The quantitative estimate of drug-likeness (QED) is 0.523. The number of hydrogen-bond acceptors (Lipinski definition) is 4. The molecule has 0 saturated heterocycles. The van der Waals surface area contributed by atoms with E-state index in [1.807, 2.05) is 19.1 Å². The average molecular weight is 252 g/mol. The molecule has 0 fully saturated rings.